The molecule has 0 radical (unpaired) electrons. The number of hydrogen-bond acceptors (Lipinski definition) is 6. The van der Waals surface area contributed by atoms with E-state index in [-0.39, 0.29) is 19.0 Å². The number of carbonyl (C=O) groups excluding carboxylic acids is 3. The number of ketones is 1. The average Bonchev–Trinajstić information content (AvgIpc) is 3.12. The molecular formula is C26H27N3O5. The van der Waals surface area contributed by atoms with E-state index >= 15 is 0 Å². The fourth-order valence-corrected chi connectivity index (χ4v) is 4.53. The lowest BCUT2D eigenvalue weighted by atomic mass is 9.91. The minimum atomic E-state index is -0.595. The molecule has 1 aliphatic heterocycles. The maximum Gasteiger partial charge on any atom is 0.295 e. The molecular weight excluding hydrogens is 434 g/mol. The van der Waals surface area contributed by atoms with Gasteiger partial charge in [-0.25, -0.2) is 0 Å². The minimum absolute atomic E-state index is 0.0813. The van der Waals surface area contributed by atoms with E-state index in [0.717, 1.165) is 12.0 Å². The van der Waals surface area contributed by atoms with Crippen LogP contribution in [0.5, 0.6) is 5.75 Å². The summed E-state index contributed by atoms with van der Waals surface area (Å²) in [4.78, 5) is 42.5. The van der Waals surface area contributed by atoms with E-state index in [9.17, 15) is 14.4 Å². The molecule has 1 N–H and O–H groups in total. The van der Waals surface area contributed by atoms with Crippen molar-refractivity contribution in [2.75, 3.05) is 33.3 Å². The van der Waals surface area contributed by atoms with Gasteiger partial charge in [-0.2, -0.15) is 0 Å². The summed E-state index contributed by atoms with van der Waals surface area (Å²) < 4.78 is 5.52. The van der Waals surface area contributed by atoms with Crippen LogP contribution in [0.25, 0.3) is 5.57 Å². The molecule has 2 amide bonds. The molecule has 8 nitrogen and oxygen atoms in total. The summed E-state index contributed by atoms with van der Waals surface area (Å²) in [5.74, 6) is -0.767. The van der Waals surface area contributed by atoms with Crippen molar-refractivity contribution >= 4 is 29.4 Å². The molecule has 4 rings (SSSR count). The van der Waals surface area contributed by atoms with Gasteiger partial charge in [0.2, 0.25) is 0 Å². The monoisotopic (exact) mass is 461 g/mol. The van der Waals surface area contributed by atoms with Crippen molar-refractivity contribution in [1.82, 2.24) is 9.80 Å². The second kappa shape index (κ2) is 10.3. The lowest BCUT2D eigenvalue weighted by Crippen LogP contribution is -2.52. The van der Waals surface area contributed by atoms with Crippen LogP contribution in [0.1, 0.15) is 39.9 Å². The molecule has 2 aromatic carbocycles. The fraction of sp³-hybridized carbons (Fsp3) is 0.308. The lowest BCUT2D eigenvalue weighted by Gasteiger charge is -2.34. The molecule has 1 saturated heterocycles. The Bertz CT molecular complexity index is 1150. The molecule has 0 spiro atoms. The maximum atomic E-state index is 13.4. The Morgan fingerprint density at radius 3 is 2.38 bits per heavy atom. The number of ether oxygens (including phenoxy) is 1. The largest absolute Gasteiger partial charge is 0.496 e. The van der Waals surface area contributed by atoms with Crippen molar-refractivity contribution in [2.24, 2.45) is 5.16 Å². The predicted molar refractivity (Wildman–Crippen MR) is 127 cm³/mol. The van der Waals surface area contributed by atoms with Crippen molar-refractivity contribution in [2.45, 2.75) is 19.3 Å². The van der Waals surface area contributed by atoms with E-state index in [0.29, 0.717) is 53.9 Å². The zero-order chi connectivity index (χ0) is 24.1. The summed E-state index contributed by atoms with van der Waals surface area (Å²) >= 11 is 0. The van der Waals surface area contributed by atoms with E-state index in [1.165, 1.54) is 18.2 Å². The van der Waals surface area contributed by atoms with Gasteiger partial charge in [-0.15, -0.1) is 0 Å². The van der Waals surface area contributed by atoms with Gasteiger partial charge in [-0.3, -0.25) is 14.4 Å². The number of fused-ring (bicyclic) bond motifs is 1. The highest BCUT2D eigenvalue weighted by Gasteiger charge is 2.33. The van der Waals surface area contributed by atoms with Gasteiger partial charge in [0.05, 0.1) is 13.3 Å². The van der Waals surface area contributed by atoms with Gasteiger partial charge in [0.1, 0.15) is 5.75 Å². The van der Waals surface area contributed by atoms with Crippen LogP contribution in [0.2, 0.25) is 0 Å². The number of nitrogens with zero attached hydrogens (tertiary/aromatic N) is 3. The van der Waals surface area contributed by atoms with Gasteiger partial charge in [-0.1, -0.05) is 29.4 Å². The van der Waals surface area contributed by atoms with Crippen LogP contribution in [0.4, 0.5) is 0 Å². The van der Waals surface area contributed by atoms with Crippen molar-refractivity contribution in [3.8, 4) is 5.75 Å². The van der Waals surface area contributed by atoms with Gasteiger partial charge in [0, 0.05) is 48.4 Å². The van der Waals surface area contributed by atoms with Crippen LogP contribution < -0.4 is 4.74 Å². The van der Waals surface area contributed by atoms with Crippen molar-refractivity contribution in [3.63, 3.8) is 0 Å². The topological polar surface area (TPSA) is 99.5 Å². The van der Waals surface area contributed by atoms with Gasteiger partial charge in [0.25, 0.3) is 17.6 Å². The number of oxime groups is 1. The van der Waals surface area contributed by atoms with Crippen LogP contribution in [0.3, 0.4) is 0 Å². The van der Waals surface area contributed by atoms with Gasteiger partial charge >= 0.3 is 0 Å². The molecule has 176 valence electrons. The van der Waals surface area contributed by atoms with E-state index < -0.39 is 11.7 Å². The SMILES string of the molecule is COc1ccc(/C=N/O)c2c1C(C(=O)C(=O)N1CCN(C(=O)c3ccccc3)CC1)=CCCC2. The Morgan fingerprint density at radius 1 is 1.00 bits per heavy atom. The summed E-state index contributed by atoms with van der Waals surface area (Å²) in [6, 6.07) is 12.5. The van der Waals surface area contributed by atoms with Crippen molar-refractivity contribution in [3.05, 3.63) is 70.8 Å². The number of carbonyl (C=O) groups is 3. The molecule has 34 heavy (non-hydrogen) atoms. The number of rotatable bonds is 5. The smallest absolute Gasteiger partial charge is 0.295 e. The number of Topliss-reactive ketones (excluding diaryl/α,β-unsaturated/α-hetero) is 1. The molecule has 1 heterocycles. The van der Waals surface area contributed by atoms with Crippen molar-refractivity contribution < 1.29 is 24.3 Å². The zero-order valence-corrected chi connectivity index (χ0v) is 19.1. The summed E-state index contributed by atoms with van der Waals surface area (Å²) in [6.07, 6.45) is 5.22. The normalized spacial score (nSPS) is 16.0. The summed E-state index contributed by atoms with van der Waals surface area (Å²) in [5, 5.41) is 12.2. The lowest BCUT2D eigenvalue weighted by molar-refractivity contribution is -0.142. The minimum Gasteiger partial charge on any atom is -0.496 e. The average molecular weight is 462 g/mol. The number of allylic oxidation sites excluding steroid dienone is 1. The number of amides is 2. The Kier molecular flexibility index (Phi) is 7.06. The quantitative estimate of drug-likeness (QED) is 0.320. The third kappa shape index (κ3) is 4.57. The molecule has 2 aliphatic rings. The third-order valence-electron chi connectivity index (χ3n) is 6.29. The molecule has 1 fully saturated rings. The Labute approximate surface area is 198 Å². The summed E-state index contributed by atoms with van der Waals surface area (Å²) in [7, 11) is 1.52. The van der Waals surface area contributed by atoms with Crippen LogP contribution in [-0.2, 0) is 16.0 Å². The van der Waals surface area contributed by atoms with E-state index in [1.54, 1.807) is 35.2 Å². The van der Waals surface area contributed by atoms with Crippen LogP contribution in [-0.4, -0.2) is 72.1 Å². The molecule has 1 aliphatic carbocycles. The maximum absolute atomic E-state index is 13.4. The van der Waals surface area contributed by atoms with Gasteiger partial charge < -0.3 is 19.7 Å². The first kappa shape index (κ1) is 23.2. The van der Waals surface area contributed by atoms with Crippen molar-refractivity contribution in [1.29, 1.82) is 0 Å². The second-order valence-corrected chi connectivity index (χ2v) is 8.24. The highest BCUT2D eigenvalue weighted by molar-refractivity contribution is 6.53. The van der Waals surface area contributed by atoms with Gasteiger partial charge in [0.15, 0.2) is 0 Å². The molecule has 0 atom stereocenters. The molecule has 8 heteroatoms. The van der Waals surface area contributed by atoms with E-state index in [4.69, 9.17) is 9.94 Å². The van der Waals surface area contributed by atoms with E-state index in [1.807, 2.05) is 18.2 Å². The Morgan fingerprint density at radius 2 is 1.71 bits per heavy atom. The van der Waals surface area contributed by atoms with Gasteiger partial charge in [-0.05, 0) is 49.1 Å². The predicted octanol–water partition coefficient (Wildman–Crippen LogP) is 2.78. The standard InChI is InChI=1S/C26H27N3O5/c1-34-22-12-11-19(17-27-33)20-9-5-6-10-21(23(20)22)24(30)26(32)29-15-13-28(14-16-29)25(31)18-7-3-2-4-8-18/h2-4,7-8,10-12,17,33H,5-6,9,13-16H2,1H3/b27-17+. The van der Waals surface area contributed by atoms with Crippen LogP contribution in [0, 0.1) is 0 Å². The highest BCUT2D eigenvalue weighted by atomic mass is 16.5. The number of methoxy groups -OCH3 is 1. The molecule has 2 aromatic rings. The first-order valence-corrected chi connectivity index (χ1v) is 11.3. The zero-order valence-electron chi connectivity index (χ0n) is 19.1. The number of piperazine rings is 1. The summed E-state index contributed by atoms with van der Waals surface area (Å²) in [6.45, 7) is 1.31. The first-order chi connectivity index (χ1) is 16.5. The fourth-order valence-electron chi connectivity index (χ4n) is 4.53. The Balaban J connectivity index is 1.53. The molecule has 0 unspecified atom stereocenters. The highest BCUT2D eigenvalue weighted by Crippen LogP contribution is 2.36. The second-order valence-electron chi connectivity index (χ2n) is 8.24. The third-order valence-corrected chi connectivity index (χ3v) is 6.29. The number of benzene rings is 2. The molecule has 0 saturated carbocycles. The van der Waals surface area contributed by atoms with Crippen LogP contribution in [0.15, 0.2) is 53.7 Å². The van der Waals surface area contributed by atoms with Crippen LogP contribution >= 0.6 is 0 Å². The van der Waals surface area contributed by atoms with E-state index in [2.05, 4.69) is 5.16 Å². The summed E-state index contributed by atoms with van der Waals surface area (Å²) in [5.41, 5.74) is 2.99. The number of hydrogen-bond donors (Lipinski definition) is 1. The Hall–Kier alpha value is -3.94. The molecule has 0 aromatic heterocycles. The first-order valence-electron chi connectivity index (χ1n) is 11.3. The molecule has 0 bridgehead atoms.